The van der Waals surface area contributed by atoms with Crippen LogP contribution in [0.2, 0.25) is 0 Å². The van der Waals surface area contributed by atoms with Crippen LogP contribution in [0.5, 0.6) is 11.5 Å². The molecule has 3 aromatic rings. The molecule has 0 aliphatic heterocycles. The Morgan fingerprint density at radius 2 is 1.42 bits per heavy atom. The van der Waals surface area contributed by atoms with Crippen LogP contribution in [0.25, 0.3) is 11.1 Å². The molecule has 160 valence electrons. The van der Waals surface area contributed by atoms with Gasteiger partial charge in [-0.3, -0.25) is 14.8 Å². The van der Waals surface area contributed by atoms with Gasteiger partial charge in [0.2, 0.25) is 0 Å². The van der Waals surface area contributed by atoms with Crippen LogP contribution in [-0.4, -0.2) is 27.2 Å². The van der Waals surface area contributed by atoms with Crippen LogP contribution in [0.3, 0.4) is 0 Å². The molecule has 10 heteroatoms. The van der Waals surface area contributed by atoms with E-state index in [1.165, 1.54) is 35.8 Å². The number of rotatable bonds is 5. The average molecular weight is 432 g/mol. The van der Waals surface area contributed by atoms with E-state index in [2.05, 4.69) is 5.32 Å². The third-order valence-corrected chi connectivity index (χ3v) is 4.45. The molecular weight excluding hydrogens is 417 g/mol. The summed E-state index contributed by atoms with van der Waals surface area (Å²) in [7, 11) is 0. The van der Waals surface area contributed by atoms with Crippen molar-refractivity contribution in [3.63, 3.8) is 0 Å². The second kappa shape index (κ2) is 8.76. The quantitative estimate of drug-likeness (QED) is 0.184. The molecule has 0 aliphatic rings. The van der Waals surface area contributed by atoms with Gasteiger partial charge in [0.05, 0.1) is 0 Å². The summed E-state index contributed by atoms with van der Waals surface area (Å²) in [5.41, 5.74) is 1.91. The predicted octanol–water partition coefficient (Wildman–Crippen LogP) is 3.16. The van der Waals surface area contributed by atoms with Gasteiger partial charge in [0.15, 0.2) is 29.0 Å². The van der Waals surface area contributed by atoms with Gasteiger partial charge in [0, 0.05) is 5.56 Å². The first-order chi connectivity index (χ1) is 14.7. The number of carbonyl (C=O) groups excluding carboxylic acids is 2. The standard InChI is InChI=1S/C21H15F3N2O5/c22-14-7-13(8-15(23)18(14)24)10-1-3-11(4-2-10)19(21(30)26-31)25-20(29)12-5-6-16(27)17(28)9-12/h1-9,19,27-28,31H,(H,25,29)(H,26,30). The molecule has 0 bridgehead atoms. The van der Waals surface area contributed by atoms with E-state index in [0.29, 0.717) is 5.56 Å². The van der Waals surface area contributed by atoms with Crippen molar-refractivity contribution in [3.05, 3.63) is 83.2 Å². The second-order valence-corrected chi connectivity index (χ2v) is 6.46. The van der Waals surface area contributed by atoms with E-state index in [1.54, 1.807) is 0 Å². The van der Waals surface area contributed by atoms with Crippen LogP contribution in [0, 0.1) is 17.5 Å². The molecule has 0 aromatic heterocycles. The zero-order valence-corrected chi connectivity index (χ0v) is 15.6. The molecule has 0 saturated heterocycles. The van der Waals surface area contributed by atoms with Gasteiger partial charge in [0.1, 0.15) is 6.04 Å². The molecule has 1 unspecified atom stereocenters. The normalized spacial score (nSPS) is 11.6. The summed E-state index contributed by atoms with van der Waals surface area (Å²) >= 11 is 0. The monoisotopic (exact) mass is 432 g/mol. The summed E-state index contributed by atoms with van der Waals surface area (Å²) in [6.45, 7) is 0. The smallest absolute Gasteiger partial charge is 0.270 e. The number of phenolic OH excluding ortho intramolecular Hbond substituents is 2. The third kappa shape index (κ3) is 4.59. The summed E-state index contributed by atoms with van der Waals surface area (Å²) in [4.78, 5) is 24.5. The topological polar surface area (TPSA) is 119 Å². The molecule has 31 heavy (non-hydrogen) atoms. The number of benzene rings is 3. The Balaban J connectivity index is 1.88. The molecular formula is C21H15F3N2O5. The minimum absolute atomic E-state index is 0.0507. The lowest BCUT2D eigenvalue weighted by Gasteiger charge is -2.18. The SMILES string of the molecule is O=C(NC(C(=O)NO)c1ccc(-c2cc(F)c(F)c(F)c2)cc1)c1ccc(O)c(O)c1. The van der Waals surface area contributed by atoms with Crippen molar-refractivity contribution < 1.29 is 38.2 Å². The van der Waals surface area contributed by atoms with E-state index in [-0.39, 0.29) is 16.7 Å². The number of halogens is 3. The lowest BCUT2D eigenvalue weighted by molar-refractivity contribution is -0.131. The van der Waals surface area contributed by atoms with E-state index < -0.39 is 46.8 Å². The lowest BCUT2D eigenvalue weighted by Crippen LogP contribution is -2.39. The number of amides is 2. The Labute approximate surface area is 173 Å². The van der Waals surface area contributed by atoms with Gasteiger partial charge in [-0.05, 0) is 47.0 Å². The molecule has 3 rings (SSSR count). The van der Waals surface area contributed by atoms with Gasteiger partial charge in [-0.25, -0.2) is 18.7 Å². The summed E-state index contributed by atoms with van der Waals surface area (Å²) in [6.07, 6.45) is 0. The number of hydrogen-bond donors (Lipinski definition) is 5. The minimum atomic E-state index is -1.59. The van der Waals surface area contributed by atoms with E-state index in [1.807, 2.05) is 0 Å². The van der Waals surface area contributed by atoms with E-state index >= 15 is 0 Å². The summed E-state index contributed by atoms with van der Waals surface area (Å²) in [6, 6.07) is 9.03. The molecule has 5 N–H and O–H groups in total. The first-order valence-electron chi connectivity index (χ1n) is 8.73. The first kappa shape index (κ1) is 21.7. The Morgan fingerprint density at radius 1 is 0.806 bits per heavy atom. The predicted molar refractivity (Wildman–Crippen MR) is 102 cm³/mol. The molecule has 0 fully saturated rings. The van der Waals surface area contributed by atoms with Gasteiger partial charge >= 0.3 is 0 Å². The summed E-state index contributed by atoms with van der Waals surface area (Å²) in [5, 5.41) is 30.2. The van der Waals surface area contributed by atoms with Gasteiger partial charge in [-0.1, -0.05) is 24.3 Å². The second-order valence-electron chi connectivity index (χ2n) is 6.46. The maximum Gasteiger partial charge on any atom is 0.270 e. The molecule has 0 saturated carbocycles. The van der Waals surface area contributed by atoms with Crippen LogP contribution in [0.4, 0.5) is 13.2 Å². The fourth-order valence-corrected chi connectivity index (χ4v) is 2.83. The molecule has 7 nitrogen and oxygen atoms in total. The summed E-state index contributed by atoms with van der Waals surface area (Å²) in [5.74, 6) is -7.08. The van der Waals surface area contributed by atoms with Gasteiger partial charge in [-0.2, -0.15) is 0 Å². The lowest BCUT2D eigenvalue weighted by atomic mass is 9.99. The Hall–Kier alpha value is -4.05. The molecule has 0 spiro atoms. The Morgan fingerprint density at radius 3 is 1.97 bits per heavy atom. The highest BCUT2D eigenvalue weighted by atomic mass is 19.2. The van der Waals surface area contributed by atoms with Gasteiger partial charge in [0.25, 0.3) is 11.8 Å². The molecule has 3 aromatic carbocycles. The maximum atomic E-state index is 13.5. The maximum absolute atomic E-state index is 13.5. The highest BCUT2D eigenvalue weighted by Crippen LogP contribution is 2.27. The number of aromatic hydroxyl groups is 2. The van der Waals surface area contributed by atoms with Crippen LogP contribution in [0.1, 0.15) is 22.0 Å². The highest BCUT2D eigenvalue weighted by molar-refractivity contribution is 5.98. The largest absolute Gasteiger partial charge is 0.504 e. The zero-order chi connectivity index (χ0) is 22.7. The average Bonchev–Trinajstić information content (AvgIpc) is 2.76. The van der Waals surface area contributed by atoms with Crippen LogP contribution in [0.15, 0.2) is 54.6 Å². The van der Waals surface area contributed by atoms with Gasteiger partial charge < -0.3 is 15.5 Å². The number of hydrogen-bond acceptors (Lipinski definition) is 5. The fourth-order valence-electron chi connectivity index (χ4n) is 2.83. The number of phenols is 2. The molecule has 0 aliphatic carbocycles. The summed E-state index contributed by atoms with van der Waals surface area (Å²) < 4.78 is 40.1. The zero-order valence-electron chi connectivity index (χ0n) is 15.6. The van der Waals surface area contributed by atoms with Crippen LogP contribution < -0.4 is 10.8 Å². The van der Waals surface area contributed by atoms with Crippen LogP contribution >= 0.6 is 0 Å². The van der Waals surface area contributed by atoms with Crippen molar-refractivity contribution in [2.45, 2.75) is 6.04 Å². The van der Waals surface area contributed by atoms with Crippen LogP contribution in [-0.2, 0) is 4.79 Å². The Kier molecular flexibility index (Phi) is 6.12. The first-order valence-corrected chi connectivity index (χ1v) is 8.73. The fraction of sp³-hybridized carbons (Fsp3) is 0.0476. The van der Waals surface area contributed by atoms with E-state index in [9.17, 15) is 33.0 Å². The van der Waals surface area contributed by atoms with Crippen molar-refractivity contribution in [3.8, 4) is 22.6 Å². The van der Waals surface area contributed by atoms with E-state index in [0.717, 1.165) is 24.3 Å². The molecule has 0 heterocycles. The van der Waals surface area contributed by atoms with Crippen molar-refractivity contribution in [2.24, 2.45) is 0 Å². The van der Waals surface area contributed by atoms with Gasteiger partial charge in [-0.15, -0.1) is 0 Å². The Bertz CT molecular complexity index is 1130. The minimum Gasteiger partial charge on any atom is -0.504 e. The molecule has 0 radical (unpaired) electrons. The van der Waals surface area contributed by atoms with E-state index in [4.69, 9.17) is 5.21 Å². The number of hydroxylamine groups is 1. The third-order valence-electron chi connectivity index (χ3n) is 4.45. The van der Waals surface area contributed by atoms with Crippen molar-refractivity contribution in [1.82, 2.24) is 10.8 Å². The molecule has 1 atom stereocenters. The number of nitrogens with one attached hydrogen (secondary N) is 2. The number of carbonyl (C=O) groups is 2. The van der Waals surface area contributed by atoms with Crippen molar-refractivity contribution in [2.75, 3.05) is 0 Å². The van der Waals surface area contributed by atoms with Crippen molar-refractivity contribution in [1.29, 1.82) is 0 Å². The highest BCUT2D eigenvalue weighted by Gasteiger charge is 2.24. The van der Waals surface area contributed by atoms with Crippen molar-refractivity contribution >= 4 is 11.8 Å². The molecule has 2 amide bonds.